The van der Waals surface area contributed by atoms with Crippen molar-refractivity contribution in [2.75, 3.05) is 13.1 Å². The fourth-order valence-corrected chi connectivity index (χ4v) is 5.52. The Hall–Kier alpha value is -4.20. The predicted molar refractivity (Wildman–Crippen MR) is 137 cm³/mol. The van der Waals surface area contributed by atoms with Gasteiger partial charge in [-0.25, -0.2) is 9.48 Å². The quantitative estimate of drug-likeness (QED) is 0.382. The zero-order valence-corrected chi connectivity index (χ0v) is 20.6. The average molecular weight is 497 g/mol. The highest BCUT2D eigenvalue weighted by Crippen LogP contribution is 2.56. The lowest BCUT2D eigenvalue weighted by molar-refractivity contribution is 0.0693. The largest absolute Gasteiger partial charge is 0.478 e. The summed E-state index contributed by atoms with van der Waals surface area (Å²) < 4.78 is 6.98. The number of carboxylic acids is 1. The highest BCUT2D eigenvalue weighted by Gasteiger charge is 2.46. The molecule has 2 aliphatic rings. The summed E-state index contributed by atoms with van der Waals surface area (Å²) in [4.78, 5) is 27.1. The molecule has 2 unspecified atom stereocenters. The molecule has 2 fully saturated rings. The molecule has 1 aliphatic heterocycles. The number of carboxylic acid groups (broad SMARTS) is 1. The average Bonchev–Trinajstić information content (AvgIpc) is 3.36. The number of piperidine rings is 1. The second kappa shape index (κ2) is 9.35. The molecule has 1 aliphatic carbocycles. The van der Waals surface area contributed by atoms with Crippen LogP contribution in [-0.4, -0.2) is 49.9 Å². The van der Waals surface area contributed by atoms with Crippen LogP contribution in [0.25, 0.3) is 16.8 Å². The van der Waals surface area contributed by atoms with Crippen molar-refractivity contribution in [3.8, 4) is 16.8 Å². The van der Waals surface area contributed by atoms with E-state index in [4.69, 9.17) is 4.52 Å². The van der Waals surface area contributed by atoms with Crippen LogP contribution in [-0.2, 0) is 0 Å². The Balaban J connectivity index is 1.33. The summed E-state index contributed by atoms with van der Waals surface area (Å²) in [6.45, 7) is 3.49. The van der Waals surface area contributed by atoms with E-state index in [0.29, 0.717) is 11.3 Å². The van der Waals surface area contributed by atoms with Gasteiger partial charge < -0.3 is 14.5 Å². The molecular formula is C29H28N4O4. The molecule has 8 nitrogen and oxygen atoms in total. The first-order valence-electron chi connectivity index (χ1n) is 12.7. The summed E-state index contributed by atoms with van der Waals surface area (Å²) in [6, 6.07) is 15.6. The number of aromatic carboxylic acids is 1. The number of rotatable bonds is 6. The van der Waals surface area contributed by atoms with Gasteiger partial charge in [-0.05, 0) is 73.9 Å². The lowest BCUT2D eigenvalue weighted by atomic mass is 10.0. The standard InChI is InChI=1S/C29H28N4O4/c1-18-25(17-31-37-18)23-15-24(23)27-26(29(35)36)16-30-33(27)22-10-6-8-20(14-22)19-7-5-9-21(13-19)28(34)32-11-3-2-4-12-32/h5-10,13-14,16-17,23-24H,2-4,11-12,15H2,1H3,(H,35,36). The Bertz CT molecular complexity index is 1480. The normalized spacial score (nSPS) is 19.1. The van der Waals surface area contributed by atoms with Crippen LogP contribution in [0.15, 0.2) is 65.4 Å². The van der Waals surface area contributed by atoms with E-state index in [2.05, 4.69) is 10.3 Å². The van der Waals surface area contributed by atoms with Gasteiger partial charge in [-0.2, -0.15) is 5.10 Å². The maximum Gasteiger partial charge on any atom is 0.339 e. The van der Waals surface area contributed by atoms with E-state index >= 15 is 0 Å². The predicted octanol–water partition coefficient (Wildman–Crippen LogP) is 5.43. The molecule has 1 amide bonds. The zero-order chi connectivity index (χ0) is 25.5. The van der Waals surface area contributed by atoms with Crippen LogP contribution in [0.2, 0.25) is 0 Å². The second-order valence-corrected chi connectivity index (χ2v) is 9.93. The SMILES string of the molecule is Cc1oncc1C1CC1c1c(C(=O)O)cnn1-c1cccc(-c2cccc(C(=O)N3CCCCC3)c2)c1. The number of aryl methyl sites for hydroxylation is 1. The van der Waals surface area contributed by atoms with E-state index in [1.54, 1.807) is 10.9 Å². The molecule has 37 heavy (non-hydrogen) atoms. The second-order valence-electron chi connectivity index (χ2n) is 9.93. The zero-order valence-electron chi connectivity index (χ0n) is 20.6. The summed E-state index contributed by atoms with van der Waals surface area (Å²) >= 11 is 0. The van der Waals surface area contributed by atoms with Gasteiger partial charge in [-0.1, -0.05) is 29.4 Å². The molecule has 0 spiro atoms. The number of carbonyl (C=O) groups excluding carboxylic acids is 1. The van der Waals surface area contributed by atoms with Crippen LogP contribution < -0.4 is 0 Å². The minimum Gasteiger partial charge on any atom is -0.478 e. The van der Waals surface area contributed by atoms with Crippen molar-refractivity contribution < 1.29 is 19.2 Å². The Kier molecular flexibility index (Phi) is 5.87. The van der Waals surface area contributed by atoms with Gasteiger partial charge in [0.25, 0.3) is 5.91 Å². The molecule has 1 N–H and O–H groups in total. The fourth-order valence-electron chi connectivity index (χ4n) is 5.52. The van der Waals surface area contributed by atoms with Gasteiger partial charge in [0, 0.05) is 30.1 Å². The van der Waals surface area contributed by atoms with Crippen LogP contribution in [0.4, 0.5) is 0 Å². The Labute approximate surface area is 214 Å². The summed E-state index contributed by atoms with van der Waals surface area (Å²) in [5.41, 5.74) is 5.24. The molecule has 188 valence electrons. The molecule has 2 atom stereocenters. The molecule has 8 heteroatoms. The van der Waals surface area contributed by atoms with Crippen molar-refractivity contribution in [1.29, 1.82) is 0 Å². The molecule has 1 saturated heterocycles. The van der Waals surface area contributed by atoms with Gasteiger partial charge in [0.1, 0.15) is 11.3 Å². The third kappa shape index (κ3) is 4.33. The number of hydrogen-bond acceptors (Lipinski definition) is 5. The van der Waals surface area contributed by atoms with E-state index in [1.807, 2.05) is 60.4 Å². The van der Waals surface area contributed by atoms with Crippen LogP contribution in [0.3, 0.4) is 0 Å². The number of amides is 1. The number of hydrogen-bond donors (Lipinski definition) is 1. The smallest absolute Gasteiger partial charge is 0.339 e. The molecule has 4 aromatic rings. The van der Waals surface area contributed by atoms with Gasteiger partial charge in [0.2, 0.25) is 0 Å². The van der Waals surface area contributed by atoms with Crippen LogP contribution >= 0.6 is 0 Å². The number of carbonyl (C=O) groups is 2. The Morgan fingerprint density at radius 2 is 1.73 bits per heavy atom. The first-order valence-corrected chi connectivity index (χ1v) is 12.7. The van der Waals surface area contributed by atoms with E-state index < -0.39 is 5.97 Å². The minimum atomic E-state index is -0.992. The van der Waals surface area contributed by atoms with E-state index in [0.717, 1.165) is 60.5 Å². The molecule has 3 heterocycles. The molecule has 0 radical (unpaired) electrons. The van der Waals surface area contributed by atoms with Gasteiger partial charge in [-0.3, -0.25) is 4.79 Å². The summed E-state index contributed by atoms with van der Waals surface area (Å²) in [7, 11) is 0. The van der Waals surface area contributed by atoms with Gasteiger partial charge >= 0.3 is 5.97 Å². The summed E-state index contributed by atoms with van der Waals surface area (Å²) in [5, 5.41) is 18.3. The lowest BCUT2D eigenvalue weighted by Gasteiger charge is -2.26. The third-order valence-corrected chi connectivity index (χ3v) is 7.54. The van der Waals surface area contributed by atoms with Crippen molar-refractivity contribution in [3.63, 3.8) is 0 Å². The minimum absolute atomic E-state index is 0.0147. The summed E-state index contributed by atoms with van der Waals surface area (Å²) in [6.07, 6.45) is 7.25. The molecule has 0 bridgehead atoms. The first kappa shape index (κ1) is 23.2. The first-order chi connectivity index (χ1) is 18.0. The molecular weight excluding hydrogens is 468 g/mol. The van der Waals surface area contributed by atoms with Crippen LogP contribution in [0.1, 0.15) is 75.3 Å². The Morgan fingerprint density at radius 3 is 2.46 bits per heavy atom. The van der Waals surface area contributed by atoms with Crippen molar-refractivity contribution >= 4 is 11.9 Å². The molecule has 1 saturated carbocycles. The topological polar surface area (TPSA) is 101 Å². The Morgan fingerprint density at radius 1 is 0.973 bits per heavy atom. The third-order valence-electron chi connectivity index (χ3n) is 7.54. The monoisotopic (exact) mass is 496 g/mol. The number of likely N-dealkylation sites (tertiary alicyclic amines) is 1. The van der Waals surface area contributed by atoms with E-state index in [1.165, 1.54) is 12.6 Å². The fraction of sp³-hybridized carbons (Fsp3) is 0.310. The maximum absolute atomic E-state index is 13.1. The number of benzene rings is 2. The summed E-state index contributed by atoms with van der Waals surface area (Å²) in [5.74, 6) is 0.00808. The molecule has 2 aromatic carbocycles. The van der Waals surface area contributed by atoms with Gasteiger partial charge in [0.05, 0.1) is 23.8 Å². The van der Waals surface area contributed by atoms with Crippen molar-refractivity contribution in [1.82, 2.24) is 19.8 Å². The highest BCUT2D eigenvalue weighted by molar-refractivity contribution is 5.95. The van der Waals surface area contributed by atoms with E-state index in [-0.39, 0.29) is 23.3 Å². The van der Waals surface area contributed by atoms with Gasteiger partial charge in [0.15, 0.2) is 0 Å². The van der Waals surface area contributed by atoms with Crippen molar-refractivity contribution in [2.45, 2.75) is 44.4 Å². The van der Waals surface area contributed by atoms with Crippen LogP contribution in [0, 0.1) is 6.92 Å². The van der Waals surface area contributed by atoms with Crippen molar-refractivity contribution in [2.24, 2.45) is 0 Å². The lowest BCUT2D eigenvalue weighted by Crippen LogP contribution is -2.35. The number of nitrogens with zero attached hydrogens (tertiary/aromatic N) is 4. The maximum atomic E-state index is 13.1. The van der Waals surface area contributed by atoms with E-state index in [9.17, 15) is 14.7 Å². The van der Waals surface area contributed by atoms with Crippen LogP contribution in [0.5, 0.6) is 0 Å². The van der Waals surface area contributed by atoms with Crippen molar-refractivity contribution in [3.05, 3.63) is 89.1 Å². The highest BCUT2D eigenvalue weighted by atomic mass is 16.5. The molecule has 6 rings (SSSR count). The van der Waals surface area contributed by atoms with Gasteiger partial charge in [-0.15, -0.1) is 0 Å². The molecule has 2 aromatic heterocycles. The number of aromatic nitrogens is 3.